The van der Waals surface area contributed by atoms with E-state index < -0.39 is 5.97 Å². The lowest BCUT2D eigenvalue weighted by molar-refractivity contribution is -0.147. The summed E-state index contributed by atoms with van der Waals surface area (Å²) in [5, 5.41) is 0. The van der Waals surface area contributed by atoms with Crippen molar-refractivity contribution in [3.05, 3.63) is 11.5 Å². The van der Waals surface area contributed by atoms with Crippen LogP contribution in [0.3, 0.4) is 0 Å². The first-order chi connectivity index (χ1) is 8.72. The van der Waals surface area contributed by atoms with Crippen LogP contribution in [-0.4, -0.2) is 25.3 Å². The van der Waals surface area contributed by atoms with E-state index in [4.69, 9.17) is 14.2 Å². The van der Waals surface area contributed by atoms with Gasteiger partial charge in [-0.3, -0.25) is 0 Å². The molecule has 0 spiro atoms. The van der Waals surface area contributed by atoms with E-state index in [0.717, 1.165) is 0 Å². The van der Waals surface area contributed by atoms with Crippen LogP contribution in [0.5, 0.6) is 0 Å². The minimum absolute atomic E-state index is 0.100. The monoisotopic (exact) mass is 254 g/mol. The van der Waals surface area contributed by atoms with Crippen LogP contribution in [0.15, 0.2) is 11.5 Å². The number of rotatable bonds is 3. The van der Waals surface area contributed by atoms with Gasteiger partial charge in [-0.2, -0.15) is 0 Å². The van der Waals surface area contributed by atoms with Gasteiger partial charge >= 0.3 is 5.97 Å². The van der Waals surface area contributed by atoms with Crippen LogP contribution in [-0.2, 0) is 19.0 Å². The fourth-order valence-corrected chi connectivity index (χ4v) is 2.72. The molecule has 4 nitrogen and oxygen atoms in total. The van der Waals surface area contributed by atoms with Gasteiger partial charge < -0.3 is 14.2 Å². The van der Waals surface area contributed by atoms with E-state index in [1.165, 1.54) is 32.1 Å². The number of carbonyl (C=O) groups excluding carboxylic acids is 1. The fraction of sp³-hybridized carbons (Fsp3) is 0.786. The standard InChI is InChI=1S/C14H22O4/c1-3-16-14(15)13-10(2)18-12(9-17-13)11-7-5-4-6-8-11/h11-12H,3-9H2,1-2H3. The van der Waals surface area contributed by atoms with Crippen molar-refractivity contribution in [1.29, 1.82) is 0 Å². The SMILES string of the molecule is CCOC(=O)C1=C(C)OC(C2CCCCC2)CO1. The predicted molar refractivity (Wildman–Crippen MR) is 66.7 cm³/mol. The van der Waals surface area contributed by atoms with Gasteiger partial charge in [-0.25, -0.2) is 4.79 Å². The lowest BCUT2D eigenvalue weighted by Gasteiger charge is -2.34. The summed E-state index contributed by atoms with van der Waals surface area (Å²) >= 11 is 0. The van der Waals surface area contributed by atoms with Crippen LogP contribution >= 0.6 is 0 Å². The molecule has 0 aromatic heterocycles. The van der Waals surface area contributed by atoms with E-state index in [0.29, 0.717) is 24.9 Å². The van der Waals surface area contributed by atoms with Crippen molar-refractivity contribution in [2.24, 2.45) is 5.92 Å². The fourth-order valence-electron chi connectivity index (χ4n) is 2.72. The molecule has 2 rings (SSSR count). The quantitative estimate of drug-likeness (QED) is 0.726. The molecular weight excluding hydrogens is 232 g/mol. The normalized spacial score (nSPS) is 25.3. The number of carbonyl (C=O) groups is 1. The Kier molecular flexibility index (Phi) is 4.50. The second-order valence-electron chi connectivity index (χ2n) is 4.97. The topological polar surface area (TPSA) is 44.8 Å². The molecule has 1 heterocycles. The molecule has 2 aliphatic rings. The minimum Gasteiger partial charge on any atom is -0.487 e. The maximum absolute atomic E-state index is 11.6. The lowest BCUT2D eigenvalue weighted by Crippen LogP contribution is -2.35. The van der Waals surface area contributed by atoms with Gasteiger partial charge in [-0.05, 0) is 32.6 Å². The Labute approximate surface area is 108 Å². The van der Waals surface area contributed by atoms with E-state index in [1.807, 2.05) is 0 Å². The Bertz CT molecular complexity index is 329. The first-order valence-corrected chi connectivity index (χ1v) is 6.89. The number of allylic oxidation sites excluding steroid dienone is 1. The summed E-state index contributed by atoms with van der Waals surface area (Å²) in [4.78, 5) is 11.6. The Morgan fingerprint density at radius 1 is 1.33 bits per heavy atom. The highest BCUT2D eigenvalue weighted by Gasteiger charge is 2.32. The molecule has 1 fully saturated rings. The molecule has 0 bridgehead atoms. The second kappa shape index (κ2) is 6.12. The first kappa shape index (κ1) is 13.2. The zero-order valence-electron chi connectivity index (χ0n) is 11.2. The van der Waals surface area contributed by atoms with Crippen LogP contribution in [0.2, 0.25) is 0 Å². The molecule has 1 saturated carbocycles. The average molecular weight is 254 g/mol. The maximum atomic E-state index is 11.6. The first-order valence-electron chi connectivity index (χ1n) is 6.89. The second-order valence-corrected chi connectivity index (χ2v) is 4.97. The highest BCUT2D eigenvalue weighted by molar-refractivity contribution is 5.86. The van der Waals surface area contributed by atoms with Crippen molar-refractivity contribution in [2.45, 2.75) is 52.1 Å². The highest BCUT2D eigenvalue weighted by Crippen LogP contribution is 2.32. The summed E-state index contributed by atoms with van der Waals surface area (Å²) in [6.07, 6.45) is 6.39. The maximum Gasteiger partial charge on any atom is 0.377 e. The van der Waals surface area contributed by atoms with Crippen LogP contribution in [0.25, 0.3) is 0 Å². The van der Waals surface area contributed by atoms with Gasteiger partial charge in [0.25, 0.3) is 0 Å². The van der Waals surface area contributed by atoms with Gasteiger partial charge in [-0.1, -0.05) is 19.3 Å². The zero-order chi connectivity index (χ0) is 13.0. The minimum atomic E-state index is -0.419. The van der Waals surface area contributed by atoms with Crippen molar-refractivity contribution < 1.29 is 19.0 Å². The molecule has 1 atom stereocenters. The molecule has 0 aromatic rings. The molecule has 1 aliphatic heterocycles. The summed E-state index contributed by atoms with van der Waals surface area (Å²) in [5.41, 5.74) is 0. The number of hydrogen-bond acceptors (Lipinski definition) is 4. The molecule has 1 unspecified atom stereocenters. The van der Waals surface area contributed by atoms with Crippen LogP contribution in [0.1, 0.15) is 46.0 Å². The molecule has 0 N–H and O–H groups in total. The van der Waals surface area contributed by atoms with Gasteiger partial charge in [0.1, 0.15) is 18.5 Å². The molecule has 0 aromatic carbocycles. The Morgan fingerprint density at radius 2 is 2.06 bits per heavy atom. The molecule has 0 amide bonds. The van der Waals surface area contributed by atoms with Crippen molar-refractivity contribution in [3.63, 3.8) is 0 Å². The smallest absolute Gasteiger partial charge is 0.377 e. The van der Waals surface area contributed by atoms with Crippen molar-refractivity contribution in [3.8, 4) is 0 Å². The lowest BCUT2D eigenvalue weighted by atomic mass is 9.85. The van der Waals surface area contributed by atoms with Gasteiger partial charge in [0.05, 0.1) is 6.61 Å². The van der Waals surface area contributed by atoms with Gasteiger partial charge in [0.15, 0.2) is 0 Å². The van der Waals surface area contributed by atoms with Gasteiger partial charge in [0.2, 0.25) is 5.76 Å². The Morgan fingerprint density at radius 3 is 2.67 bits per heavy atom. The number of ether oxygens (including phenoxy) is 3. The van der Waals surface area contributed by atoms with Crippen molar-refractivity contribution >= 4 is 5.97 Å². The largest absolute Gasteiger partial charge is 0.487 e. The van der Waals surface area contributed by atoms with Crippen molar-refractivity contribution in [2.75, 3.05) is 13.2 Å². The summed E-state index contributed by atoms with van der Waals surface area (Å²) in [5.74, 6) is 0.953. The molecule has 1 aliphatic carbocycles. The molecule has 102 valence electrons. The Hall–Kier alpha value is -1.19. The molecule has 0 radical (unpaired) electrons. The van der Waals surface area contributed by atoms with Gasteiger partial charge in [-0.15, -0.1) is 0 Å². The molecule has 18 heavy (non-hydrogen) atoms. The Balaban J connectivity index is 1.96. The third-order valence-corrected chi connectivity index (χ3v) is 3.68. The van der Waals surface area contributed by atoms with E-state index >= 15 is 0 Å². The third kappa shape index (κ3) is 2.98. The number of hydrogen-bond donors (Lipinski definition) is 0. The third-order valence-electron chi connectivity index (χ3n) is 3.68. The van der Waals surface area contributed by atoms with Crippen LogP contribution in [0, 0.1) is 5.92 Å². The van der Waals surface area contributed by atoms with E-state index in [9.17, 15) is 4.79 Å². The van der Waals surface area contributed by atoms with E-state index in [-0.39, 0.29) is 11.9 Å². The highest BCUT2D eigenvalue weighted by atomic mass is 16.6. The molecule has 4 heteroatoms. The van der Waals surface area contributed by atoms with E-state index in [2.05, 4.69) is 0 Å². The number of esters is 1. The summed E-state index contributed by atoms with van der Waals surface area (Å²) in [6, 6.07) is 0. The zero-order valence-corrected chi connectivity index (χ0v) is 11.2. The van der Waals surface area contributed by atoms with Crippen LogP contribution in [0.4, 0.5) is 0 Å². The van der Waals surface area contributed by atoms with Crippen LogP contribution < -0.4 is 0 Å². The molecular formula is C14H22O4. The summed E-state index contributed by atoms with van der Waals surface area (Å²) < 4.78 is 16.3. The molecule has 0 saturated heterocycles. The van der Waals surface area contributed by atoms with Crippen molar-refractivity contribution in [1.82, 2.24) is 0 Å². The summed E-state index contributed by atoms with van der Waals surface area (Å²) in [6.45, 7) is 4.38. The van der Waals surface area contributed by atoms with E-state index in [1.54, 1.807) is 13.8 Å². The average Bonchev–Trinajstić information content (AvgIpc) is 2.40. The summed E-state index contributed by atoms with van der Waals surface area (Å²) in [7, 11) is 0. The van der Waals surface area contributed by atoms with Gasteiger partial charge in [0, 0.05) is 0 Å². The predicted octanol–water partition coefficient (Wildman–Crippen LogP) is 2.78.